The molecule has 0 saturated heterocycles. The van der Waals surface area contributed by atoms with Gasteiger partial charge >= 0.3 is 5.97 Å². The number of nitriles is 1. The number of ether oxygens (including phenoxy) is 1. The second-order valence-corrected chi connectivity index (χ2v) is 5.94. The van der Waals surface area contributed by atoms with Crippen molar-refractivity contribution in [2.75, 3.05) is 0 Å². The molecule has 3 rings (SSSR count). The van der Waals surface area contributed by atoms with E-state index in [1.54, 1.807) is 48.5 Å². The molecular formula is C20H16N2O4. The van der Waals surface area contributed by atoms with E-state index in [1.807, 2.05) is 12.1 Å². The Morgan fingerprint density at radius 2 is 1.58 bits per heavy atom. The van der Waals surface area contributed by atoms with E-state index < -0.39 is 29.9 Å². The van der Waals surface area contributed by atoms with Crippen molar-refractivity contribution in [3.05, 3.63) is 71.3 Å². The molecule has 2 atom stereocenters. The fourth-order valence-electron chi connectivity index (χ4n) is 2.89. The van der Waals surface area contributed by atoms with E-state index in [1.165, 1.54) is 6.92 Å². The highest BCUT2D eigenvalue weighted by Crippen LogP contribution is 2.26. The average Bonchev–Trinajstić information content (AvgIpc) is 2.91. The van der Waals surface area contributed by atoms with Gasteiger partial charge in [-0.25, -0.2) is 4.79 Å². The zero-order valence-electron chi connectivity index (χ0n) is 14.1. The normalized spacial score (nSPS) is 15.2. The second-order valence-electron chi connectivity index (χ2n) is 5.94. The zero-order valence-corrected chi connectivity index (χ0v) is 14.1. The van der Waals surface area contributed by atoms with Crippen LogP contribution >= 0.6 is 0 Å². The summed E-state index contributed by atoms with van der Waals surface area (Å²) in [5, 5.41) is 8.89. The minimum atomic E-state index is -1.14. The summed E-state index contributed by atoms with van der Waals surface area (Å²) in [5.41, 5.74) is 1.30. The highest BCUT2D eigenvalue weighted by Gasteiger charge is 2.43. The van der Waals surface area contributed by atoms with Gasteiger partial charge in [0.1, 0.15) is 12.1 Å². The van der Waals surface area contributed by atoms with Gasteiger partial charge in [0.25, 0.3) is 11.8 Å². The maximum atomic E-state index is 12.7. The largest absolute Gasteiger partial charge is 0.446 e. The van der Waals surface area contributed by atoms with Crippen molar-refractivity contribution in [2.24, 2.45) is 0 Å². The van der Waals surface area contributed by atoms with Crippen molar-refractivity contribution in [1.29, 1.82) is 5.26 Å². The number of imide groups is 1. The molecule has 130 valence electrons. The van der Waals surface area contributed by atoms with Gasteiger partial charge in [0.15, 0.2) is 6.10 Å². The molecule has 1 heterocycles. The zero-order chi connectivity index (χ0) is 18.7. The lowest BCUT2D eigenvalue weighted by molar-refractivity contribution is -0.150. The van der Waals surface area contributed by atoms with E-state index >= 15 is 0 Å². The quantitative estimate of drug-likeness (QED) is 0.611. The lowest BCUT2D eigenvalue weighted by atomic mass is 10.0. The Morgan fingerprint density at radius 1 is 1.04 bits per heavy atom. The average molecular weight is 348 g/mol. The summed E-state index contributed by atoms with van der Waals surface area (Å²) in [6.07, 6.45) is -0.862. The SMILES string of the molecule is C[C@@H](C#N)OC(=O)[C@@H](Cc1ccccc1)N1C(=O)c2ccccc2C1=O. The first-order valence-corrected chi connectivity index (χ1v) is 8.14. The third-order valence-electron chi connectivity index (χ3n) is 4.16. The molecule has 1 aliphatic rings. The van der Waals surface area contributed by atoms with Gasteiger partial charge < -0.3 is 4.74 Å². The molecule has 2 aromatic rings. The van der Waals surface area contributed by atoms with Gasteiger partial charge in [-0.3, -0.25) is 14.5 Å². The Balaban J connectivity index is 1.96. The minimum absolute atomic E-state index is 0.114. The summed E-state index contributed by atoms with van der Waals surface area (Å²) < 4.78 is 5.10. The summed E-state index contributed by atoms with van der Waals surface area (Å²) in [7, 11) is 0. The van der Waals surface area contributed by atoms with E-state index in [0.29, 0.717) is 0 Å². The second kappa shape index (κ2) is 7.19. The Hall–Kier alpha value is -3.46. The van der Waals surface area contributed by atoms with Crippen LogP contribution in [0.25, 0.3) is 0 Å². The molecular weight excluding hydrogens is 332 g/mol. The molecule has 1 aliphatic heterocycles. The maximum absolute atomic E-state index is 12.7. The number of esters is 1. The highest BCUT2D eigenvalue weighted by atomic mass is 16.5. The van der Waals surface area contributed by atoms with Gasteiger partial charge in [0, 0.05) is 6.42 Å². The summed E-state index contributed by atoms with van der Waals surface area (Å²) in [6.45, 7) is 1.43. The molecule has 6 nitrogen and oxygen atoms in total. The van der Waals surface area contributed by atoms with Crippen LogP contribution < -0.4 is 0 Å². The number of amides is 2. The number of rotatable bonds is 5. The van der Waals surface area contributed by atoms with Crippen molar-refractivity contribution in [2.45, 2.75) is 25.5 Å². The smallest absolute Gasteiger partial charge is 0.331 e. The molecule has 0 unspecified atom stereocenters. The predicted molar refractivity (Wildman–Crippen MR) is 92.0 cm³/mol. The minimum Gasteiger partial charge on any atom is -0.446 e. The molecule has 0 fully saturated rings. The topological polar surface area (TPSA) is 87.5 Å². The number of carbonyl (C=O) groups excluding carboxylic acids is 3. The number of fused-ring (bicyclic) bond motifs is 1. The third-order valence-corrected chi connectivity index (χ3v) is 4.16. The van der Waals surface area contributed by atoms with Gasteiger partial charge in [0.2, 0.25) is 0 Å². The van der Waals surface area contributed by atoms with Gasteiger partial charge in [-0.15, -0.1) is 0 Å². The summed E-state index contributed by atoms with van der Waals surface area (Å²) in [4.78, 5) is 39.0. The monoisotopic (exact) mass is 348 g/mol. The molecule has 0 aromatic heterocycles. The van der Waals surface area contributed by atoms with Crippen LogP contribution in [0.2, 0.25) is 0 Å². The molecule has 0 aliphatic carbocycles. The standard InChI is InChI=1S/C20H16N2O4/c1-13(12-21)26-20(25)17(11-14-7-3-2-4-8-14)22-18(23)15-9-5-6-10-16(15)19(22)24/h2-10,13,17H,11H2,1H3/t13-,17+/m0/s1. The van der Waals surface area contributed by atoms with E-state index in [2.05, 4.69) is 0 Å². The van der Waals surface area contributed by atoms with Crippen LogP contribution in [0.3, 0.4) is 0 Å². The van der Waals surface area contributed by atoms with E-state index in [0.717, 1.165) is 10.5 Å². The Bertz CT molecular complexity index is 867. The van der Waals surface area contributed by atoms with Crippen LogP contribution in [0.15, 0.2) is 54.6 Å². The summed E-state index contributed by atoms with van der Waals surface area (Å²) >= 11 is 0. The molecule has 2 amide bonds. The summed E-state index contributed by atoms with van der Waals surface area (Å²) in [5.74, 6) is -1.85. The maximum Gasteiger partial charge on any atom is 0.331 e. The fourth-order valence-corrected chi connectivity index (χ4v) is 2.89. The van der Waals surface area contributed by atoms with E-state index in [4.69, 9.17) is 10.00 Å². The molecule has 0 N–H and O–H groups in total. The lowest BCUT2D eigenvalue weighted by Crippen LogP contribution is -2.47. The van der Waals surface area contributed by atoms with Gasteiger partial charge in [0.05, 0.1) is 11.1 Å². The highest BCUT2D eigenvalue weighted by molar-refractivity contribution is 6.22. The van der Waals surface area contributed by atoms with Crippen molar-refractivity contribution < 1.29 is 19.1 Å². The molecule has 0 spiro atoms. The summed E-state index contributed by atoms with van der Waals surface area (Å²) in [6, 6.07) is 16.1. The van der Waals surface area contributed by atoms with Crippen LogP contribution in [0.4, 0.5) is 0 Å². The van der Waals surface area contributed by atoms with Crippen molar-refractivity contribution >= 4 is 17.8 Å². The van der Waals surface area contributed by atoms with Gasteiger partial charge in [-0.2, -0.15) is 5.26 Å². The van der Waals surface area contributed by atoms with Crippen LogP contribution in [0.5, 0.6) is 0 Å². The molecule has 0 radical (unpaired) electrons. The number of hydrogen-bond acceptors (Lipinski definition) is 5. The van der Waals surface area contributed by atoms with Gasteiger partial charge in [-0.05, 0) is 24.6 Å². The first-order valence-electron chi connectivity index (χ1n) is 8.14. The molecule has 2 aromatic carbocycles. The molecule has 6 heteroatoms. The number of carbonyl (C=O) groups is 3. The van der Waals surface area contributed by atoms with E-state index in [9.17, 15) is 14.4 Å². The Kier molecular flexibility index (Phi) is 4.81. The van der Waals surface area contributed by atoms with Crippen molar-refractivity contribution in [3.8, 4) is 6.07 Å². The van der Waals surface area contributed by atoms with Crippen molar-refractivity contribution in [1.82, 2.24) is 4.90 Å². The first-order chi connectivity index (χ1) is 12.5. The van der Waals surface area contributed by atoms with Crippen molar-refractivity contribution in [3.63, 3.8) is 0 Å². The molecule has 26 heavy (non-hydrogen) atoms. The Labute approximate surface area is 150 Å². The predicted octanol–water partition coefficient (Wildman–Crippen LogP) is 2.35. The van der Waals surface area contributed by atoms with Gasteiger partial charge in [-0.1, -0.05) is 42.5 Å². The number of benzene rings is 2. The number of hydrogen-bond donors (Lipinski definition) is 0. The third kappa shape index (κ3) is 3.20. The fraction of sp³-hybridized carbons (Fsp3) is 0.200. The lowest BCUT2D eigenvalue weighted by Gasteiger charge is -2.25. The molecule has 0 bridgehead atoms. The first kappa shape index (κ1) is 17.4. The van der Waals surface area contributed by atoms with Crippen LogP contribution in [-0.2, 0) is 16.0 Å². The van der Waals surface area contributed by atoms with Crippen LogP contribution in [0.1, 0.15) is 33.2 Å². The molecule has 0 saturated carbocycles. The van der Waals surface area contributed by atoms with E-state index in [-0.39, 0.29) is 17.5 Å². The Morgan fingerprint density at radius 3 is 2.12 bits per heavy atom. The van der Waals surface area contributed by atoms with Crippen LogP contribution in [0, 0.1) is 11.3 Å². The van der Waals surface area contributed by atoms with Crippen LogP contribution in [-0.4, -0.2) is 34.8 Å². The number of nitrogens with zero attached hydrogens (tertiary/aromatic N) is 2.